The van der Waals surface area contributed by atoms with Crippen LogP contribution in [0.3, 0.4) is 0 Å². The smallest absolute Gasteiger partial charge is 0.321 e. The molecule has 1 N–H and O–H groups in total. The van der Waals surface area contributed by atoms with Crippen molar-refractivity contribution in [2.45, 2.75) is 0 Å². The Bertz CT molecular complexity index is 1420. The molecule has 0 spiro atoms. The van der Waals surface area contributed by atoms with E-state index in [1.54, 1.807) is 12.3 Å². The van der Waals surface area contributed by atoms with Crippen LogP contribution in [0.4, 0.5) is 5.69 Å². The normalized spacial score (nSPS) is 11.4. The number of anilines is 1. The monoisotopic (exact) mass is 388 g/mol. The van der Waals surface area contributed by atoms with Crippen molar-refractivity contribution in [1.82, 2.24) is 24.1 Å². The molecular formula is C20H16N6O3. The molecule has 3 aromatic heterocycles. The molecule has 0 aliphatic carbocycles. The summed E-state index contributed by atoms with van der Waals surface area (Å²) in [5.41, 5.74) is 1.69. The van der Waals surface area contributed by atoms with Crippen LogP contribution >= 0.6 is 0 Å². The van der Waals surface area contributed by atoms with Crippen molar-refractivity contribution in [3.05, 3.63) is 75.3 Å². The molecule has 4 aromatic rings. The highest BCUT2D eigenvalue weighted by atomic mass is 16.2. The lowest BCUT2D eigenvalue weighted by Crippen LogP contribution is -2.37. The lowest BCUT2D eigenvalue weighted by molar-refractivity contribution is -0.111. The van der Waals surface area contributed by atoms with E-state index in [0.717, 1.165) is 15.6 Å². The maximum Gasteiger partial charge on any atom is 0.332 e. The van der Waals surface area contributed by atoms with Crippen LogP contribution in [-0.4, -0.2) is 30.0 Å². The molecule has 9 nitrogen and oxygen atoms in total. The van der Waals surface area contributed by atoms with Crippen LogP contribution in [0.25, 0.3) is 28.1 Å². The van der Waals surface area contributed by atoms with Crippen molar-refractivity contribution in [3.63, 3.8) is 0 Å². The van der Waals surface area contributed by atoms with Gasteiger partial charge in [0, 0.05) is 20.2 Å². The molecule has 1 aromatic carbocycles. The van der Waals surface area contributed by atoms with Crippen molar-refractivity contribution < 1.29 is 4.79 Å². The first-order chi connectivity index (χ1) is 13.9. The molecule has 144 valence electrons. The van der Waals surface area contributed by atoms with Crippen LogP contribution in [0, 0.1) is 0 Å². The number of carbonyl (C=O) groups is 1. The zero-order valence-electron chi connectivity index (χ0n) is 15.7. The van der Waals surface area contributed by atoms with Gasteiger partial charge in [0.2, 0.25) is 5.91 Å². The average molecular weight is 388 g/mol. The first kappa shape index (κ1) is 18.2. The highest BCUT2D eigenvalue weighted by molar-refractivity contribution is 6.02. The summed E-state index contributed by atoms with van der Waals surface area (Å²) in [7, 11) is 2.92. The standard InChI is InChI=1S/C20H16N6O3/c1-25-18-14(19(28)26(2)20(25)29)9-13(11-22-18)24-17(27)8-7-12-10-21-15-5-3-4-6-16(15)23-12/h3-11H,1-2H3,(H,24,27)/b8-7+. The van der Waals surface area contributed by atoms with Crippen LogP contribution < -0.4 is 16.6 Å². The number of amides is 1. The Kier molecular flexibility index (Phi) is 4.47. The fourth-order valence-electron chi connectivity index (χ4n) is 2.93. The predicted molar refractivity (Wildman–Crippen MR) is 109 cm³/mol. The van der Waals surface area contributed by atoms with Crippen LogP contribution in [0.1, 0.15) is 5.69 Å². The van der Waals surface area contributed by atoms with Crippen LogP contribution in [0.15, 0.2) is 58.4 Å². The highest BCUT2D eigenvalue weighted by Crippen LogP contribution is 2.13. The first-order valence-electron chi connectivity index (χ1n) is 8.70. The molecule has 9 heteroatoms. The lowest BCUT2D eigenvalue weighted by Gasteiger charge is -2.08. The number of para-hydroxylation sites is 2. The van der Waals surface area contributed by atoms with Crippen molar-refractivity contribution in [1.29, 1.82) is 0 Å². The third kappa shape index (κ3) is 3.41. The van der Waals surface area contributed by atoms with E-state index in [9.17, 15) is 14.4 Å². The minimum Gasteiger partial charge on any atom is -0.321 e. The van der Waals surface area contributed by atoms with Gasteiger partial charge in [-0.1, -0.05) is 12.1 Å². The molecule has 0 radical (unpaired) electrons. The Morgan fingerprint density at radius 2 is 1.79 bits per heavy atom. The van der Waals surface area contributed by atoms with Crippen molar-refractivity contribution in [3.8, 4) is 0 Å². The van der Waals surface area contributed by atoms with E-state index in [2.05, 4.69) is 20.3 Å². The number of carbonyl (C=O) groups excluding carboxylic acids is 1. The molecule has 29 heavy (non-hydrogen) atoms. The second-order valence-electron chi connectivity index (χ2n) is 6.41. The minimum atomic E-state index is -0.478. The van der Waals surface area contributed by atoms with Gasteiger partial charge in [-0.25, -0.2) is 14.8 Å². The Hall–Kier alpha value is -4.14. The molecule has 0 saturated heterocycles. The SMILES string of the molecule is Cn1c(=O)c2cc(NC(=O)/C=C/c3cnc4ccccc4n3)cnc2n(C)c1=O. The maximum absolute atomic E-state index is 12.3. The van der Waals surface area contributed by atoms with E-state index < -0.39 is 17.2 Å². The topological polar surface area (TPSA) is 112 Å². The fraction of sp³-hybridized carbons (Fsp3) is 0.100. The second kappa shape index (κ2) is 7.12. The third-order valence-corrected chi connectivity index (χ3v) is 4.43. The van der Waals surface area contributed by atoms with E-state index in [0.29, 0.717) is 11.4 Å². The molecule has 0 unspecified atom stereocenters. The number of fused-ring (bicyclic) bond motifs is 2. The summed E-state index contributed by atoms with van der Waals surface area (Å²) < 4.78 is 2.27. The lowest BCUT2D eigenvalue weighted by atomic mass is 10.3. The number of aromatic nitrogens is 5. The van der Waals surface area contributed by atoms with Gasteiger partial charge in [-0.2, -0.15) is 0 Å². The predicted octanol–water partition coefficient (Wildman–Crippen LogP) is 1.23. The molecule has 1 amide bonds. The van der Waals surface area contributed by atoms with E-state index in [4.69, 9.17) is 0 Å². The molecule has 0 bridgehead atoms. The quantitative estimate of drug-likeness (QED) is 0.528. The Morgan fingerprint density at radius 3 is 2.59 bits per heavy atom. The Balaban J connectivity index is 1.59. The average Bonchev–Trinajstić information content (AvgIpc) is 2.74. The van der Waals surface area contributed by atoms with Gasteiger partial charge in [0.15, 0.2) is 0 Å². The fourth-order valence-corrected chi connectivity index (χ4v) is 2.93. The van der Waals surface area contributed by atoms with Gasteiger partial charge in [-0.05, 0) is 24.3 Å². The van der Waals surface area contributed by atoms with Gasteiger partial charge < -0.3 is 5.32 Å². The summed E-state index contributed by atoms with van der Waals surface area (Å²) >= 11 is 0. The van der Waals surface area contributed by atoms with Crippen LogP contribution in [-0.2, 0) is 18.9 Å². The summed E-state index contributed by atoms with van der Waals surface area (Å²) in [4.78, 5) is 49.4. The third-order valence-electron chi connectivity index (χ3n) is 4.43. The first-order valence-corrected chi connectivity index (χ1v) is 8.70. The van der Waals surface area contributed by atoms with E-state index >= 15 is 0 Å². The summed E-state index contributed by atoms with van der Waals surface area (Å²) in [6, 6.07) is 8.93. The number of hydrogen-bond acceptors (Lipinski definition) is 6. The van der Waals surface area contributed by atoms with Crippen molar-refractivity contribution in [2.24, 2.45) is 14.1 Å². The zero-order chi connectivity index (χ0) is 20.5. The summed E-state index contributed by atoms with van der Waals surface area (Å²) in [6.45, 7) is 0. The summed E-state index contributed by atoms with van der Waals surface area (Å²) in [6.07, 6.45) is 5.84. The molecule has 0 saturated carbocycles. The molecule has 0 aliphatic rings. The molecular weight excluding hydrogens is 372 g/mol. The highest BCUT2D eigenvalue weighted by Gasteiger charge is 2.11. The van der Waals surface area contributed by atoms with Gasteiger partial charge in [0.1, 0.15) is 5.65 Å². The van der Waals surface area contributed by atoms with Crippen LogP contribution in [0.2, 0.25) is 0 Å². The Labute approximate surface area is 164 Å². The molecule has 0 fully saturated rings. The zero-order valence-corrected chi connectivity index (χ0v) is 15.7. The van der Waals surface area contributed by atoms with E-state index in [1.807, 2.05) is 24.3 Å². The number of nitrogens with one attached hydrogen (secondary N) is 1. The molecule has 4 rings (SSSR count). The molecule has 3 heterocycles. The largest absolute Gasteiger partial charge is 0.332 e. The van der Waals surface area contributed by atoms with Gasteiger partial charge in [0.05, 0.1) is 40.2 Å². The van der Waals surface area contributed by atoms with E-state index in [1.165, 1.54) is 37.0 Å². The molecule has 0 aliphatic heterocycles. The van der Waals surface area contributed by atoms with Gasteiger partial charge in [-0.15, -0.1) is 0 Å². The molecule has 0 atom stereocenters. The maximum atomic E-state index is 12.3. The number of hydrogen-bond donors (Lipinski definition) is 1. The number of rotatable bonds is 3. The number of aryl methyl sites for hydroxylation is 1. The van der Waals surface area contributed by atoms with Crippen LogP contribution in [0.5, 0.6) is 0 Å². The summed E-state index contributed by atoms with van der Waals surface area (Å²) in [5, 5.41) is 2.88. The van der Waals surface area contributed by atoms with E-state index in [-0.39, 0.29) is 11.0 Å². The minimum absolute atomic E-state index is 0.233. The summed E-state index contributed by atoms with van der Waals surface area (Å²) in [5.74, 6) is -0.414. The Morgan fingerprint density at radius 1 is 1.03 bits per heavy atom. The van der Waals surface area contributed by atoms with Crippen molar-refractivity contribution >= 4 is 39.7 Å². The second-order valence-corrected chi connectivity index (χ2v) is 6.41. The number of nitrogens with zero attached hydrogens (tertiary/aromatic N) is 5. The number of benzene rings is 1. The van der Waals surface area contributed by atoms with Gasteiger partial charge >= 0.3 is 5.69 Å². The van der Waals surface area contributed by atoms with Gasteiger partial charge in [0.25, 0.3) is 5.56 Å². The van der Waals surface area contributed by atoms with Gasteiger partial charge in [-0.3, -0.25) is 23.7 Å². The number of pyridine rings is 1. The van der Waals surface area contributed by atoms with Crippen molar-refractivity contribution in [2.75, 3.05) is 5.32 Å².